The van der Waals surface area contributed by atoms with Gasteiger partial charge in [-0.05, 0) is 23.6 Å². The fourth-order valence-corrected chi connectivity index (χ4v) is 2.33. The van der Waals surface area contributed by atoms with Crippen molar-refractivity contribution in [3.63, 3.8) is 0 Å². The predicted molar refractivity (Wildman–Crippen MR) is 71.3 cm³/mol. The van der Waals surface area contributed by atoms with Crippen molar-refractivity contribution in [2.75, 3.05) is 12.4 Å². The lowest BCUT2D eigenvalue weighted by atomic mass is 10.2. The number of anilines is 1. The lowest BCUT2D eigenvalue weighted by Gasteiger charge is -2.04. The third kappa shape index (κ3) is 3.45. The summed E-state index contributed by atoms with van der Waals surface area (Å²) in [6, 6.07) is 5.28. The van der Waals surface area contributed by atoms with Crippen molar-refractivity contribution in [1.29, 1.82) is 0 Å². The predicted octanol–water partition coefficient (Wildman–Crippen LogP) is 2.70. The summed E-state index contributed by atoms with van der Waals surface area (Å²) >= 11 is 1.23. The van der Waals surface area contributed by atoms with E-state index in [0.717, 1.165) is 5.76 Å². The molecule has 6 heteroatoms. The molecule has 0 aliphatic carbocycles. The molecule has 0 aromatic carbocycles. The van der Waals surface area contributed by atoms with Crippen LogP contribution in [0.25, 0.3) is 0 Å². The first-order chi connectivity index (χ1) is 9.20. The summed E-state index contributed by atoms with van der Waals surface area (Å²) in [5.41, 5.74) is 0.487. The maximum atomic E-state index is 11.8. The van der Waals surface area contributed by atoms with Crippen LogP contribution in [0.5, 0.6) is 0 Å². The Hall–Kier alpha value is -2.08. The Labute approximate surface area is 114 Å². The molecule has 0 aliphatic rings. The van der Waals surface area contributed by atoms with Crippen LogP contribution in [0.4, 0.5) is 5.69 Å². The van der Waals surface area contributed by atoms with Crippen molar-refractivity contribution in [3.8, 4) is 0 Å². The van der Waals surface area contributed by atoms with E-state index >= 15 is 0 Å². The SMILES string of the molecule is COC(=O)c1sccc1NC(=O)CCc1ccco1. The number of amides is 1. The molecule has 2 aromatic rings. The number of rotatable bonds is 5. The molecule has 0 bridgehead atoms. The average Bonchev–Trinajstić information content (AvgIpc) is 3.06. The van der Waals surface area contributed by atoms with E-state index in [1.54, 1.807) is 23.8 Å². The highest BCUT2D eigenvalue weighted by molar-refractivity contribution is 7.12. The maximum absolute atomic E-state index is 11.8. The molecule has 19 heavy (non-hydrogen) atoms. The minimum atomic E-state index is -0.448. The highest BCUT2D eigenvalue weighted by Gasteiger charge is 2.15. The molecule has 0 atom stereocenters. The second-order valence-electron chi connectivity index (χ2n) is 3.78. The van der Waals surface area contributed by atoms with Gasteiger partial charge in [0, 0.05) is 12.8 Å². The Morgan fingerprint density at radius 1 is 1.42 bits per heavy atom. The number of hydrogen-bond donors (Lipinski definition) is 1. The lowest BCUT2D eigenvalue weighted by Crippen LogP contribution is -2.14. The number of nitrogens with one attached hydrogen (secondary N) is 1. The van der Waals surface area contributed by atoms with E-state index in [1.807, 2.05) is 6.07 Å². The van der Waals surface area contributed by atoms with Gasteiger partial charge in [0.05, 0.1) is 19.1 Å². The van der Waals surface area contributed by atoms with Crippen molar-refractivity contribution in [2.24, 2.45) is 0 Å². The molecule has 1 amide bonds. The summed E-state index contributed by atoms with van der Waals surface area (Å²) in [7, 11) is 1.31. The molecule has 0 saturated heterocycles. The molecule has 100 valence electrons. The van der Waals surface area contributed by atoms with E-state index in [-0.39, 0.29) is 5.91 Å². The van der Waals surface area contributed by atoms with Crippen LogP contribution >= 0.6 is 11.3 Å². The molecular formula is C13H13NO4S. The maximum Gasteiger partial charge on any atom is 0.350 e. The van der Waals surface area contributed by atoms with Crippen molar-refractivity contribution in [1.82, 2.24) is 0 Å². The van der Waals surface area contributed by atoms with E-state index in [4.69, 9.17) is 4.42 Å². The number of methoxy groups -OCH3 is 1. The number of furan rings is 1. The van der Waals surface area contributed by atoms with Crippen LogP contribution in [0.15, 0.2) is 34.3 Å². The van der Waals surface area contributed by atoms with Crippen LogP contribution in [0.1, 0.15) is 21.9 Å². The van der Waals surface area contributed by atoms with Crippen LogP contribution in [0, 0.1) is 0 Å². The van der Waals surface area contributed by atoms with Crippen molar-refractivity contribution in [3.05, 3.63) is 40.5 Å². The zero-order chi connectivity index (χ0) is 13.7. The molecule has 0 radical (unpaired) electrons. The molecule has 0 saturated carbocycles. The number of carbonyl (C=O) groups is 2. The Balaban J connectivity index is 1.92. The van der Waals surface area contributed by atoms with Gasteiger partial charge in [-0.3, -0.25) is 4.79 Å². The van der Waals surface area contributed by atoms with E-state index in [9.17, 15) is 9.59 Å². The molecular weight excluding hydrogens is 266 g/mol. The number of carbonyl (C=O) groups excluding carboxylic acids is 2. The number of hydrogen-bond acceptors (Lipinski definition) is 5. The first-order valence-corrected chi connectivity index (χ1v) is 6.56. The van der Waals surface area contributed by atoms with Crippen LogP contribution in [-0.2, 0) is 16.0 Å². The van der Waals surface area contributed by atoms with E-state index in [0.29, 0.717) is 23.4 Å². The fourth-order valence-electron chi connectivity index (χ4n) is 1.56. The molecule has 1 N–H and O–H groups in total. The Morgan fingerprint density at radius 3 is 2.95 bits per heavy atom. The smallest absolute Gasteiger partial charge is 0.350 e. The van der Waals surface area contributed by atoms with E-state index in [1.165, 1.54) is 18.4 Å². The number of aryl methyl sites for hydroxylation is 1. The average molecular weight is 279 g/mol. The van der Waals surface area contributed by atoms with Crippen molar-refractivity contribution in [2.45, 2.75) is 12.8 Å². The zero-order valence-corrected chi connectivity index (χ0v) is 11.2. The molecule has 0 unspecified atom stereocenters. The number of ether oxygens (including phenoxy) is 1. The Morgan fingerprint density at radius 2 is 2.26 bits per heavy atom. The molecule has 0 spiro atoms. The third-order valence-corrected chi connectivity index (χ3v) is 3.38. The van der Waals surface area contributed by atoms with Gasteiger partial charge in [0.15, 0.2) is 0 Å². The third-order valence-electron chi connectivity index (χ3n) is 2.49. The quantitative estimate of drug-likeness (QED) is 0.854. The Kier molecular flexibility index (Phi) is 4.35. The minimum absolute atomic E-state index is 0.167. The first kappa shape index (κ1) is 13.4. The largest absolute Gasteiger partial charge is 0.469 e. The zero-order valence-electron chi connectivity index (χ0n) is 10.3. The topological polar surface area (TPSA) is 68.5 Å². The van der Waals surface area contributed by atoms with Crippen LogP contribution in [-0.4, -0.2) is 19.0 Å². The van der Waals surface area contributed by atoms with Gasteiger partial charge in [-0.25, -0.2) is 4.79 Å². The van der Waals surface area contributed by atoms with Crippen molar-refractivity contribution >= 4 is 28.9 Å². The van der Waals surface area contributed by atoms with Crippen LogP contribution in [0.3, 0.4) is 0 Å². The van der Waals surface area contributed by atoms with Gasteiger partial charge in [0.2, 0.25) is 5.91 Å². The summed E-state index contributed by atoms with van der Waals surface area (Å²) in [5.74, 6) is 0.143. The van der Waals surface area contributed by atoms with Crippen LogP contribution < -0.4 is 5.32 Å². The molecule has 0 aliphatic heterocycles. The van der Waals surface area contributed by atoms with E-state index in [2.05, 4.69) is 10.1 Å². The molecule has 2 aromatic heterocycles. The monoisotopic (exact) mass is 279 g/mol. The normalized spacial score (nSPS) is 10.2. The highest BCUT2D eigenvalue weighted by Crippen LogP contribution is 2.23. The number of thiophene rings is 1. The standard InChI is InChI=1S/C13H13NO4S/c1-17-13(16)12-10(6-8-19-12)14-11(15)5-4-9-3-2-7-18-9/h2-3,6-8H,4-5H2,1H3,(H,14,15). The summed E-state index contributed by atoms with van der Waals surface area (Å²) in [4.78, 5) is 23.6. The van der Waals surface area contributed by atoms with Gasteiger partial charge in [-0.15, -0.1) is 11.3 Å². The summed E-state index contributed by atoms with van der Waals surface area (Å²) in [5, 5.41) is 4.43. The fraction of sp³-hybridized carbons (Fsp3) is 0.231. The van der Waals surface area contributed by atoms with Gasteiger partial charge in [0.1, 0.15) is 10.6 Å². The van der Waals surface area contributed by atoms with Crippen molar-refractivity contribution < 1.29 is 18.7 Å². The van der Waals surface area contributed by atoms with Crippen LogP contribution in [0.2, 0.25) is 0 Å². The van der Waals surface area contributed by atoms with Gasteiger partial charge in [0.25, 0.3) is 0 Å². The van der Waals surface area contributed by atoms with Gasteiger partial charge in [-0.1, -0.05) is 0 Å². The van der Waals surface area contributed by atoms with E-state index < -0.39 is 5.97 Å². The summed E-state index contributed by atoms with van der Waals surface area (Å²) < 4.78 is 9.79. The minimum Gasteiger partial charge on any atom is -0.469 e. The van der Waals surface area contributed by atoms with Gasteiger partial charge >= 0.3 is 5.97 Å². The van der Waals surface area contributed by atoms with Gasteiger partial charge in [-0.2, -0.15) is 0 Å². The first-order valence-electron chi connectivity index (χ1n) is 5.68. The second kappa shape index (κ2) is 6.19. The Bertz CT molecular complexity index is 559. The molecule has 5 nitrogen and oxygen atoms in total. The molecule has 2 rings (SSSR count). The molecule has 0 fully saturated rings. The second-order valence-corrected chi connectivity index (χ2v) is 4.70. The van der Waals surface area contributed by atoms with Gasteiger partial charge < -0.3 is 14.5 Å². The lowest BCUT2D eigenvalue weighted by molar-refractivity contribution is -0.116. The summed E-state index contributed by atoms with van der Waals surface area (Å²) in [6.45, 7) is 0. The summed E-state index contributed by atoms with van der Waals surface area (Å²) in [6.07, 6.45) is 2.39. The highest BCUT2D eigenvalue weighted by atomic mass is 32.1. The number of esters is 1. The molecule has 2 heterocycles.